The largest absolute Gasteiger partial charge is 0.324 e. The molecule has 1 amide bonds. The van der Waals surface area contributed by atoms with E-state index in [4.69, 9.17) is 23.2 Å². The van der Waals surface area contributed by atoms with Crippen LogP contribution >= 0.6 is 23.2 Å². The van der Waals surface area contributed by atoms with E-state index in [2.05, 4.69) is 5.32 Å². The van der Waals surface area contributed by atoms with Crippen LogP contribution in [0.1, 0.15) is 18.9 Å². The standard InChI is InChI=1S/C18H20Cl2N2O3S/c1-4-17(18(23)21-14-8-6-13(19)7-9-14)22(26(3,24)25)15-10-5-12(2)16(20)11-15/h5-11,17H,4H2,1-3H3,(H,21,23). The molecule has 0 bridgehead atoms. The summed E-state index contributed by atoms with van der Waals surface area (Å²) < 4.78 is 25.9. The number of nitrogens with zero attached hydrogens (tertiary/aromatic N) is 1. The summed E-state index contributed by atoms with van der Waals surface area (Å²) in [5.41, 5.74) is 1.71. The number of benzene rings is 2. The van der Waals surface area contributed by atoms with Gasteiger partial charge in [-0.3, -0.25) is 9.10 Å². The van der Waals surface area contributed by atoms with Gasteiger partial charge in [0, 0.05) is 15.7 Å². The normalized spacial score (nSPS) is 12.5. The molecule has 0 aromatic heterocycles. The van der Waals surface area contributed by atoms with Crippen molar-refractivity contribution in [3.63, 3.8) is 0 Å². The van der Waals surface area contributed by atoms with E-state index < -0.39 is 22.0 Å². The van der Waals surface area contributed by atoms with Gasteiger partial charge in [0.2, 0.25) is 15.9 Å². The zero-order valence-corrected chi connectivity index (χ0v) is 17.0. The van der Waals surface area contributed by atoms with Crippen LogP contribution in [0.2, 0.25) is 10.0 Å². The highest BCUT2D eigenvalue weighted by atomic mass is 35.5. The third kappa shape index (κ3) is 4.90. The van der Waals surface area contributed by atoms with Gasteiger partial charge in [0.05, 0.1) is 11.9 Å². The molecule has 5 nitrogen and oxygen atoms in total. The Morgan fingerprint density at radius 1 is 1.15 bits per heavy atom. The minimum absolute atomic E-state index is 0.290. The van der Waals surface area contributed by atoms with Crippen molar-refractivity contribution in [1.29, 1.82) is 0 Å². The topological polar surface area (TPSA) is 66.5 Å². The molecule has 1 N–H and O–H groups in total. The number of aryl methyl sites for hydroxylation is 1. The summed E-state index contributed by atoms with van der Waals surface area (Å²) in [5.74, 6) is -0.433. The summed E-state index contributed by atoms with van der Waals surface area (Å²) in [7, 11) is -3.71. The second kappa shape index (κ2) is 8.29. The van der Waals surface area contributed by atoms with Crippen molar-refractivity contribution in [2.24, 2.45) is 0 Å². The van der Waals surface area contributed by atoms with E-state index in [1.165, 1.54) is 0 Å². The maximum absolute atomic E-state index is 12.8. The number of rotatable bonds is 6. The number of nitrogens with one attached hydrogen (secondary N) is 1. The van der Waals surface area contributed by atoms with Gasteiger partial charge in [-0.2, -0.15) is 0 Å². The van der Waals surface area contributed by atoms with Crippen LogP contribution in [-0.4, -0.2) is 26.6 Å². The van der Waals surface area contributed by atoms with Crippen LogP contribution in [0.5, 0.6) is 0 Å². The van der Waals surface area contributed by atoms with Crippen LogP contribution in [0.15, 0.2) is 42.5 Å². The molecule has 0 radical (unpaired) electrons. The molecular formula is C18H20Cl2N2O3S. The fourth-order valence-electron chi connectivity index (χ4n) is 2.54. The van der Waals surface area contributed by atoms with Gasteiger partial charge >= 0.3 is 0 Å². The highest BCUT2D eigenvalue weighted by Gasteiger charge is 2.31. The van der Waals surface area contributed by atoms with E-state index in [1.54, 1.807) is 49.4 Å². The molecular weight excluding hydrogens is 395 g/mol. The van der Waals surface area contributed by atoms with Crippen LogP contribution in [-0.2, 0) is 14.8 Å². The average molecular weight is 415 g/mol. The number of amides is 1. The quantitative estimate of drug-likeness (QED) is 0.756. The first kappa shape index (κ1) is 20.6. The van der Waals surface area contributed by atoms with Crippen molar-refractivity contribution in [2.75, 3.05) is 15.9 Å². The molecule has 1 atom stereocenters. The fourth-order valence-corrected chi connectivity index (χ4v) is 4.04. The molecule has 0 aliphatic rings. The number of sulfonamides is 1. The molecule has 0 aliphatic carbocycles. The first-order chi connectivity index (χ1) is 12.1. The van der Waals surface area contributed by atoms with Gasteiger partial charge in [-0.15, -0.1) is 0 Å². The first-order valence-electron chi connectivity index (χ1n) is 7.95. The maximum Gasteiger partial charge on any atom is 0.248 e. The number of hydrogen-bond donors (Lipinski definition) is 1. The molecule has 0 fully saturated rings. The molecule has 2 aromatic carbocycles. The first-order valence-corrected chi connectivity index (χ1v) is 10.6. The van der Waals surface area contributed by atoms with Crippen LogP contribution in [0.25, 0.3) is 0 Å². The lowest BCUT2D eigenvalue weighted by molar-refractivity contribution is -0.117. The number of carbonyl (C=O) groups excluding carboxylic acids is 1. The lowest BCUT2D eigenvalue weighted by Gasteiger charge is -2.30. The van der Waals surface area contributed by atoms with E-state index in [0.29, 0.717) is 21.4 Å². The van der Waals surface area contributed by atoms with Gasteiger partial charge in [0.1, 0.15) is 6.04 Å². The van der Waals surface area contributed by atoms with Gasteiger partial charge < -0.3 is 5.32 Å². The van der Waals surface area contributed by atoms with Crippen molar-refractivity contribution in [3.8, 4) is 0 Å². The van der Waals surface area contributed by atoms with Crippen molar-refractivity contribution in [2.45, 2.75) is 26.3 Å². The van der Waals surface area contributed by atoms with Crippen LogP contribution in [0, 0.1) is 6.92 Å². The molecule has 8 heteroatoms. The van der Waals surface area contributed by atoms with Gasteiger partial charge in [0.15, 0.2) is 0 Å². The number of carbonyl (C=O) groups is 1. The number of halogens is 2. The van der Waals surface area contributed by atoms with Gasteiger partial charge in [-0.25, -0.2) is 8.42 Å². The Kier molecular flexibility index (Phi) is 6.55. The zero-order valence-electron chi connectivity index (χ0n) is 14.7. The van der Waals surface area contributed by atoms with E-state index in [-0.39, 0.29) is 6.42 Å². The summed E-state index contributed by atoms with van der Waals surface area (Å²) >= 11 is 12.0. The molecule has 0 saturated carbocycles. The van der Waals surface area contributed by atoms with Crippen molar-refractivity contribution < 1.29 is 13.2 Å². The highest BCUT2D eigenvalue weighted by molar-refractivity contribution is 7.92. The van der Waals surface area contributed by atoms with E-state index >= 15 is 0 Å². The van der Waals surface area contributed by atoms with E-state index in [1.807, 2.05) is 6.92 Å². The summed E-state index contributed by atoms with van der Waals surface area (Å²) in [6, 6.07) is 10.6. The van der Waals surface area contributed by atoms with Gasteiger partial charge in [-0.05, 0) is 55.3 Å². The smallest absolute Gasteiger partial charge is 0.248 e. The monoisotopic (exact) mass is 414 g/mol. The third-order valence-electron chi connectivity index (χ3n) is 3.85. The van der Waals surface area contributed by atoms with Crippen molar-refractivity contribution in [3.05, 3.63) is 58.1 Å². The minimum Gasteiger partial charge on any atom is -0.324 e. The summed E-state index contributed by atoms with van der Waals surface area (Å²) in [5, 5.41) is 3.71. The van der Waals surface area contributed by atoms with Crippen molar-refractivity contribution in [1.82, 2.24) is 0 Å². The Bertz CT molecular complexity index is 899. The lowest BCUT2D eigenvalue weighted by Crippen LogP contribution is -2.47. The second-order valence-electron chi connectivity index (χ2n) is 5.91. The Hall–Kier alpha value is -1.76. The Morgan fingerprint density at radius 3 is 2.27 bits per heavy atom. The second-order valence-corrected chi connectivity index (χ2v) is 8.62. The Labute approximate surface area is 164 Å². The third-order valence-corrected chi connectivity index (χ3v) is 5.69. The van der Waals surface area contributed by atoms with E-state index in [0.717, 1.165) is 16.1 Å². The molecule has 0 saturated heterocycles. The predicted molar refractivity (Wildman–Crippen MR) is 108 cm³/mol. The Balaban J connectivity index is 2.39. The molecule has 2 aromatic rings. The Morgan fingerprint density at radius 2 is 1.77 bits per heavy atom. The lowest BCUT2D eigenvalue weighted by atomic mass is 10.1. The van der Waals surface area contributed by atoms with Gasteiger partial charge in [0.25, 0.3) is 0 Å². The predicted octanol–water partition coefficient (Wildman–Crippen LogP) is 4.49. The minimum atomic E-state index is -3.71. The zero-order chi connectivity index (χ0) is 19.5. The molecule has 0 aliphatic heterocycles. The number of hydrogen-bond acceptors (Lipinski definition) is 3. The summed E-state index contributed by atoms with van der Waals surface area (Å²) in [6.45, 7) is 3.57. The maximum atomic E-state index is 12.8. The summed E-state index contributed by atoms with van der Waals surface area (Å²) in [4.78, 5) is 12.8. The molecule has 140 valence electrons. The van der Waals surface area contributed by atoms with Crippen LogP contribution in [0.3, 0.4) is 0 Å². The van der Waals surface area contributed by atoms with Crippen LogP contribution < -0.4 is 9.62 Å². The van der Waals surface area contributed by atoms with Crippen molar-refractivity contribution >= 4 is 50.5 Å². The SMILES string of the molecule is CCC(C(=O)Nc1ccc(Cl)cc1)N(c1ccc(C)c(Cl)c1)S(C)(=O)=O. The molecule has 0 heterocycles. The molecule has 2 rings (SSSR count). The highest BCUT2D eigenvalue weighted by Crippen LogP contribution is 2.28. The fraction of sp³-hybridized carbons (Fsp3) is 0.278. The number of anilines is 2. The summed E-state index contributed by atoms with van der Waals surface area (Å²) in [6.07, 6.45) is 1.36. The molecule has 1 unspecified atom stereocenters. The van der Waals surface area contributed by atoms with Crippen LogP contribution in [0.4, 0.5) is 11.4 Å². The average Bonchev–Trinajstić information content (AvgIpc) is 2.56. The molecule has 0 spiro atoms. The van der Waals surface area contributed by atoms with Gasteiger partial charge in [-0.1, -0.05) is 36.2 Å². The van der Waals surface area contributed by atoms with E-state index in [9.17, 15) is 13.2 Å². The molecule has 26 heavy (non-hydrogen) atoms.